The van der Waals surface area contributed by atoms with Crippen molar-refractivity contribution in [2.24, 2.45) is 7.05 Å². The molecule has 0 spiro atoms. The van der Waals surface area contributed by atoms with Crippen LogP contribution < -0.4 is 19.9 Å². The van der Waals surface area contributed by atoms with Gasteiger partial charge in [0.1, 0.15) is 11.4 Å². The summed E-state index contributed by atoms with van der Waals surface area (Å²) in [5, 5.41) is 1.08. The van der Waals surface area contributed by atoms with Gasteiger partial charge in [0.2, 0.25) is 0 Å². The molecule has 4 rings (SSSR count). The number of hydrogen-bond donors (Lipinski definition) is 1. The van der Waals surface area contributed by atoms with Crippen molar-refractivity contribution in [1.29, 1.82) is 0 Å². The molecule has 1 aromatic carbocycles. The van der Waals surface area contributed by atoms with Crippen LogP contribution in [0.2, 0.25) is 0 Å². The highest BCUT2D eigenvalue weighted by Crippen LogP contribution is 2.20. The number of sulfonamides is 1. The molecule has 0 unspecified atom stereocenters. The van der Waals surface area contributed by atoms with Crippen LogP contribution in [0, 0.1) is 0 Å². The summed E-state index contributed by atoms with van der Waals surface area (Å²) in [5.41, 5.74) is 1.70. The number of rotatable bonds is 6. The van der Waals surface area contributed by atoms with Gasteiger partial charge in [0, 0.05) is 20.1 Å². The van der Waals surface area contributed by atoms with E-state index >= 15 is 0 Å². The molecular formula is C20H23N5O5S. The Hall–Kier alpha value is -3.31. The second kappa shape index (κ2) is 8.44. The zero-order valence-corrected chi connectivity index (χ0v) is 18.0. The summed E-state index contributed by atoms with van der Waals surface area (Å²) < 4.78 is 40.8. The molecule has 31 heavy (non-hydrogen) atoms. The average molecular weight is 446 g/mol. The van der Waals surface area contributed by atoms with Crippen molar-refractivity contribution >= 4 is 33.1 Å². The standard InChI is InChI=1S/C20H23N5O5S/c1-23-20(26)18(24-8-10-30-11-9-24)19-21-13-16(14-25(19)23)22-31(27,28)12-7-15-3-5-17(29-2)6-4-15/h3-7,12-14,22H,8-11H2,1-2H3. The molecule has 0 saturated carbocycles. The minimum Gasteiger partial charge on any atom is -0.497 e. The van der Waals surface area contributed by atoms with Crippen molar-refractivity contribution in [3.05, 3.63) is 58.0 Å². The number of nitrogens with zero attached hydrogens (tertiary/aromatic N) is 4. The van der Waals surface area contributed by atoms with Crippen molar-refractivity contribution in [1.82, 2.24) is 14.2 Å². The summed E-state index contributed by atoms with van der Waals surface area (Å²) in [5.74, 6) is 0.686. The van der Waals surface area contributed by atoms with Crippen molar-refractivity contribution in [2.75, 3.05) is 43.0 Å². The Labute approximate surface area is 179 Å². The highest BCUT2D eigenvalue weighted by atomic mass is 32.2. The van der Waals surface area contributed by atoms with Gasteiger partial charge in [-0.15, -0.1) is 0 Å². The van der Waals surface area contributed by atoms with E-state index in [1.54, 1.807) is 38.4 Å². The lowest BCUT2D eigenvalue weighted by atomic mass is 10.2. The number of hydrogen-bond acceptors (Lipinski definition) is 7. The molecule has 1 aliphatic heterocycles. The highest BCUT2D eigenvalue weighted by molar-refractivity contribution is 7.95. The Balaban J connectivity index is 1.58. The minimum atomic E-state index is -3.78. The maximum absolute atomic E-state index is 12.7. The van der Waals surface area contributed by atoms with Crippen molar-refractivity contribution in [3.63, 3.8) is 0 Å². The van der Waals surface area contributed by atoms with Crippen LogP contribution in [0.5, 0.6) is 5.75 Å². The van der Waals surface area contributed by atoms with Gasteiger partial charge in [-0.3, -0.25) is 9.52 Å². The van der Waals surface area contributed by atoms with E-state index < -0.39 is 10.0 Å². The second-order valence-electron chi connectivity index (χ2n) is 7.01. The fourth-order valence-electron chi connectivity index (χ4n) is 3.36. The number of ether oxygens (including phenoxy) is 2. The van der Waals surface area contributed by atoms with Crippen molar-refractivity contribution < 1.29 is 17.9 Å². The monoisotopic (exact) mass is 445 g/mol. The van der Waals surface area contributed by atoms with Crippen LogP contribution in [0.25, 0.3) is 11.7 Å². The molecular weight excluding hydrogens is 422 g/mol. The van der Waals surface area contributed by atoms with E-state index in [2.05, 4.69) is 9.71 Å². The summed E-state index contributed by atoms with van der Waals surface area (Å²) in [6, 6.07) is 6.99. The van der Waals surface area contributed by atoms with Gasteiger partial charge in [-0.25, -0.2) is 22.6 Å². The first-order chi connectivity index (χ1) is 14.9. The van der Waals surface area contributed by atoms with Gasteiger partial charge in [-0.2, -0.15) is 0 Å². The molecule has 1 aliphatic rings. The summed E-state index contributed by atoms with van der Waals surface area (Å²) >= 11 is 0. The SMILES string of the molecule is COc1ccc(C=CS(=O)(=O)Nc2cnc3c(N4CCOCC4)c(=O)n(C)n3c2)cc1. The fourth-order valence-corrected chi connectivity index (χ4v) is 4.20. The molecule has 0 radical (unpaired) electrons. The minimum absolute atomic E-state index is 0.200. The first kappa shape index (κ1) is 20.9. The lowest BCUT2D eigenvalue weighted by Crippen LogP contribution is -2.39. The fraction of sp³-hybridized carbons (Fsp3) is 0.300. The molecule has 0 atom stereocenters. The normalized spacial score (nSPS) is 15.0. The molecule has 0 amide bonds. The quantitative estimate of drug-likeness (QED) is 0.609. The molecule has 1 saturated heterocycles. The number of methoxy groups -OCH3 is 1. The summed E-state index contributed by atoms with van der Waals surface area (Å²) in [4.78, 5) is 19.0. The van der Waals surface area contributed by atoms with Gasteiger partial charge in [0.05, 0.1) is 43.8 Å². The van der Waals surface area contributed by atoms with Crippen molar-refractivity contribution in [2.45, 2.75) is 0 Å². The molecule has 1 fully saturated rings. The third kappa shape index (κ3) is 4.42. The second-order valence-corrected chi connectivity index (χ2v) is 8.58. The predicted molar refractivity (Wildman–Crippen MR) is 118 cm³/mol. The van der Waals surface area contributed by atoms with E-state index in [-0.39, 0.29) is 11.2 Å². The van der Waals surface area contributed by atoms with E-state index in [1.165, 1.54) is 27.7 Å². The molecule has 1 N–H and O–H groups in total. The maximum atomic E-state index is 12.7. The summed E-state index contributed by atoms with van der Waals surface area (Å²) in [7, 11) is -0.605. The molecule has 3 aromatic rings. The lowest BCUT2D eigenvalue weighted by molar-refractivity contribution is 0.122. The van der Waals surface area contributed by atoms with Gasteiger partial charge in [0.15, 0.2) is 5.65 Å². The van der Waals surface area contributed by atoms with E-state index in [0.717, 1.165) is 5.41 Å². The maximum Gasteiger partial charge on any atom is 0.292 e. The van der Waals surface area contributed by atoms with Crippen LogP contribution in [-0.2, 0) is 21.8 Å². The Morgan fingerprint density at radius 1 is 1.19 bits per heavy atom. The zero-order valence-electron chi connectivity index (χ0n) is 17.2. The van der Waals surface area contributed by atoms with E-state index in [1.807, 2.05) is 4.90 Å². The van der Waals surface area contributed by atoms with Crippen LogP contribution >= 0.6 is 0 Å². The number of nitrogens with one attached hydrogen (secondary N) is 1. The van der Waals surface area contributed by atoms with E-state index in [0.29, 0.717) is 49.0 Å². The van der Waals surface area contributed by atoms with Gasteiger partial charge in [-0.05, 0) is 23.8 Å². The van der Waals surface area contributed by atoms with Gasteiger partial charge >= 0.3 is 0 Å². The first-order valence-electron chi connectivity index (χ1n) is 9.63. The zero-order chi connectivity index (χ0) is 22.0. The van der Waals surface area contributed by atoms with Gasteiger partial charge in [-0.1, -0.05) is 12.1 Å². The number of aryl methyl sites for hydroxylation is 1. The number of aromatic nitrogens is 3. The van der Waals surface area contributed by atoms with Gasteiger partial charge < -0.3 is 14.4 Å². The van der Waals surface area contributed by atoms with Crippen LogP contribution in [0.15, 0.2) is 46.9 Å². The predicted octanol–water partition coefficient (Wildman–Crippen LogP) is 1.29. The molecule has 0 aliphatic carbocycles. The highest BCUT2D eigenvalue weighted by Gasteiger charge is 2.22. The molecule has 164 valence electrons. The molecule has 2 aromatic heterocycles. The van der Waals surface area contributed by atoms with E-state index in [4.69, 9.17) is 9.47 Å². The number of morpholine rings is 1. The third-order valence-electron chi connectivity index (χ3n) is 4.98. The third-order valence-corrected chi connectivity index (χ3v) is 5.99. The van der Waals surface area contributed by atoms with Gasteiger partial charge in [0.25, 0.3) is 15.6 Å². The van der Waals surface area contributed by atoms with Crippen LogP contribution in [0.3, 0.4) is 0 Å². The van der Waals surface area contributed by atoms with Crippen LogP contribution in [-0.4, -0.2) is 56.0 Å². The molecule has 11 heteroatoms. The lowest BCUT2D eigenvalue weighted by Gasteiger charge is -2.26. The molecule has 10 nitrogen and oxygen atoms in total. The first-order valence-corrected chi connectivity index (χ1v) is 11.2. The van der Waals surface area contributed by atoms with Crippen LogP contribution in [0.1, 0.15) is 5.56 Å². The average Bonchev–Trinajstić information content (AvgIpc) is 3.03. The summed E-state index contributed by atoms with van der Waals surface area (Å²) in [6.45, 7) is 2.28. The van der Waals surface area contributed by atoms with Crippen molar-refractivity contribution in [3.8, 4) is 5.75 Å². The number of fused-ring (bicyclic) bond motifs is 1. The largest absolute Gasteiger partial charge is 0.497 e. The smallest absolute Gasteiger partial charge is 0.292 e. The number of anilines is 2. The Morgan fingerprint density at radius 2 is 1.90 bits per heavy atom. The Morgan fingerprint density at radius 3 is 2.58 bits per heavy atom. The molecule has 0 bridgehead atoms. The summed E-state index contributed by atoms with van der Waals surface area (Å²) in [6.07, 6.45) is 4.42. The Bertz CT molecular complexity index is 1270. The number of benzene rings is 1. The molecule has 3 heterocycles. The van der Waals surface area contributed by atoms with E-state index in [9.17, 15) is 13.2 Å². The van der Waals surface area contributed by atoms with Crippen LogP contribution in [0.4, 0.5) is 11.4 Å². The Kier molecular flexibility index (Phi) is 5.70. The topological polar surface area (TPSA) is 107 Å².